The molecule has 2 aromatic carbocycles. The van der Waals surface area contributed by atoms with Crippen LogP contribution in [0.2, 0.25) is 0 Å². The number of nitrogens with one attached hydrogen (secondary N) is 2. The van der Waals surface area contributed by atoms with Crippen LogP contribution in [-0.4, -0.2) is 117 Å². The molecular weight excluding hydrogens is 624 g/mol. The molecule has 8 N–H and O–H groups in total. The molecule has 16 nitrogen and oxygen atoms in total. The maximum absolute atomic E-state index is 13.4. The highest BCUT2D eigenvalue weighted by Crippen LogP contribution is 2.29. The highest BCUT2D eigenvalue weighted by Gasteiger charge is 2.47. The Kier molecular flexibility index (Phi) is 10.4. The molecule has 2 saturated heterocycles. The van der Waals surface area contributed by atoms with Gasteiger partial charge in [0.2, 0.25) is 24.4 Å². The summed E-state index contributed by atoms with van der Waals surface area (Å²) in [5.41, 5.74) is 0.460. The van der Waals surface area contributed by atoms with E-state index in [1.165, 1.54) is 50.4 Å². The van der Waals surface area contributed by atoms with E-state index >= 15 is 0 Å². The van der Waals surface area contributed by atoms with Crippen molar-refractivity contribution >= 4 is 22.8 Å². The minimum Gasteiger partial charge on any atom is -0.463 e. The van der Waals surface area contributed by atoms with E-state index < -0.39 is 86.3 Å². The highest BCUT2D eigenvalue weighted by atomic mass is 16.7. The second-order valence-corrected chi connectivity index (χ2v) is 11.3. The number of carbonyl (C=O) groups is 2. The van der Waals surface area contributed by atoms with Crippen LogP contribution in [0.5, 0.6) is 11.5 Å². The van der Waals surface area contributed by atoms with Crippen molar-refractivity contribution in [2.75, 3.05) is 13.2 Å². The molecule has 0 saturated carbocycles. The summed E-state index contributed by atoms with van der Waals surface area (Å²) in [5.74, 6) is -0.615. The molecule has 10 unspecified atom stereocenters. The largest absolute Gasteiger partial charge is 0.463 e. The Morgan fingerprint density at radius 2 is 1.23 bits per heavy atom. The van der Waals surface area contributed by atoms with Crippen LogP contribution in [-0.2, 0) is 19.1 Å². The summed E-state index contributed by atoms with van der Waals surface area (Å²) in [7, 11) is 0. The Bertz CT molecular complexity index is 1630. The van der Waals surface area contributed by atoms with Gasteiger partial charge in [0.25, 0.3) is 0 Å². The Labute approximate surface area is 267 Å². The van der Waals surface area contributed by atoms with Crippen molar-refractivity contribution < 1.29 is 63.6 Å². The average molecular weight is 661 g/mol. The third-order valence-electron chi connectivity index (χ3n) is 7.92. The summed E-state index contributed by atoms with van der Waals surface area (Å²) in [5, 5.41) is 65.7. The van der Waals surface area contributed by atoms with Crippen molar-refractivity contribution in [2.45, 2.75) is 75.1 Å². The molecule has 2 amide bonds. The van der Waals surface area contributed by atoms with E-state index in [2.05, 4.69) is 10.6 Å². The molecule has 1 aromatic heterocycles. The average Bonchev–Trinajstić information content (AvgIpc) is 3.04. The molecule has 10 atom stereocenters. The van der Waals surface area contributed by atoms with Crippen molar-refractivity contribution in [3.05, 3.63) is 59.0 Å². The van der Waals surface area contributed by atoms with E-state index in [9.17, 15) is 45.0 Å². The van der Waals surface area contributed by atoms with E-state index in [1.54, 1.807) is 12.1 Å². The number of aliphatic hydroxyl groups excluding tert-OH is 6. The van der Waals surface area contributed by atoms with Gasteiger partial charge in [0.05, 0.1) is 24.2 Å². The highest BCUT2D eigenvalue weighted by molar-refractivity contribution is 5.82. The number of rotatable bonds is 9. The molecule has 3 aromatic rings. The van der Waals surface area contributed by atoms with Crippen molar-refractivity contribution in [3.8, 4) is 22.6 Å². The van der Waals surface area contributed by atoms with Gasteiger partial charge < -0.3 is 64.6 Å². The topological polar surface area (TPSA) is 247 Å². The van der Waals surface area contributed by atoms with Gasteiger partial charge in [0.15, 0.2) is 5.43 Å². The van der Waals surface area contributed by atoms with E-state index in [4.69, 9.17) is 23.4 Å². The zero-order chi connectivity index (χ0) is 34.0. The van der Waals surface area contributed by atoms with E-state index in [0.29, 0.717) is 5.56 Å². The molecule has 254 valence electrons. The van der Waals surface area contributed by atoms with Crippen LogP contribution in [0, 0.1) is 0 Å². The molecule has 2 fully saturated rings. The monoisotopic (exact) mass is 660 g/mol. The number of carbonyl (C=O) groups excluding carboxylic acids is 2. The lowest BCUT2D eigenvalue weighted by atomic mass is 9.97. The van der Waals surface area contributed by atoms with Crippen LogP contribution in [0.15, 0.2) is 57.9 Å². The van der Waals surface area contributed by atoms with Crippen molar-refractivity contribution in [3.63, 3.8) is 0 Å². The van der Waals surface area contributed by atoms with Crippen LogP contribution < -0.4 is 25.5 Å². The second-order valence-electron chi connectivity index (χ2n) is 11.3. The van der Waals surface area contributed by atoms with Crippen LogP contribution in [0.3, 0.4) is 0 Å². The van der Waals surface area contributed by atoms with Gasteiger partial charge in [-0.1, -0.05) is 12.1 Å². The van der Waals surface area contributed by atoms with Gasteiger partial charge in [0, 0.05) is 19.9 Å². The number of fused-ring (bicyclic) bond motifs is 1. The smallest absolute Gasteiger partial charge is 0.223 e. The van der Waals surface area contributed by atoms with Gasteiger partial charge in [-0.05, 0) is 29.8 Å². The molecule has 3 heterocycles. The fraction of sp³-hybridized carbons (Fsp3) is 0.452. The summed E-state index contributed by atoms with van der Waals surface area (Å²) in [6, 6.07) is 8.23. The fourth-order valence-electron chi connectivity index (χ4n) is 5.50. The minimum absolute atomic E-state index is 0.152. The molecular formula is C31H36N2O14. The van der Waals surface area contributed by atoms with Crippen LogP contribution in [0.4, 0.5) is 0 Å². The van der Waals surface area contributed by atoms with Crippen LogP contribution >= 0.6 is 0 Å². The molecule has 5 rings (SSSR count). The molecule has 2 aliphatic rings. The summed E-state index contributed by atoms with van der Waals surface area (Å²) >= 11 is 0. The SMILES string of the molecule is CC(=O)NC1C(Oc2ccc(-c3coc4cc(OC5OC(CO)C(O)C(O)C5NC(C)=O)ccc4c3=O)cc2)OC(CO)C(O)C1O. The first kappa shape index (κ1) is 34.2. The molecule has 0 spiro atoms. The fourth-order valence-corrected chi connectivity index (χ4v) is 5.50. The van der Waals surface area contributed by atoms with E-state index in [1.807, 2.05) is 0 Å². The summed E-state index contributed by atoms with van der Waals surface area (Å²) in [4.78, 5) is 36.8. The maximum Gasteiger partial charge on any atom is 0.223 e. The van der Waals surface area contributed by atoms with Crippen molar-refractivity contribution in [2.24, 2.45) is 0 Å². The zero-order valence-corrected chi connectivity index (χ0v) is 25.3. The molecule has 47 heavy (non-hydrogen) atoms. The zero-order valence-electron chi connectivity index (χ0n) is 25.3. The predicted molar refractivity (Wildman–Crippen MR) is 160 cm³/mol. The van der Waals surface area contributed by atoms with Gasteiger partial charge in [0.1, 0.15) is 72.1 Å². The third-order valence-corrected chi connectivity index (χ3v) is 7.92. The number of hydrogen-bond donors (Lipinski definition) is 8. The lowest BCUT2D eigenvalue weighted by molar-refractivity contribution is -0.244. The number of ether oxygens (including phenoxy) is 4. The molecule has 0 bridgehead atoms. The summed E-state index contributed by atoms with van der Waals surface area (Å²) in [6.07, 6.45) is -9.55. The quantitative estimate of drug-likeness (QED) is 0.125. The summed E-state index contributed by atoms with van der Waals surface area (Å²) in [6.45, 7) is 1.23. The third kappa shape index (κ3) is 7.24. The number of benzene rings is 2. The first-order chi connectivity index (χ1) is 22.4. The lowest BCUT2D eigenvalue weighted by Crippen LogP contribution is -2.65. The number of amides is 2. The molecule has 16 heteroatoms. The van der Waals surface area contributed by atoms with E-state index in [0.717, 1.165) is 0 Å². The van der Waals surface area contributed by atoms with Crippen LogP contribution in [0.25, 0.3) is 22.1 Å². The molecule has 0 radical (unpaired) electrons. The van der Waals surface area contributed by atoms with Gasteiger partial charge in [-0.3, -0.25) is 14.4 Å². The van der Waals surface area contributed by atoms with Crippen LogP contribution in [0.1, 0.15) is 13.8 Å². The Morgan fingerprint density at radius 3 is 1.72 bits per heavy atom. The maximum atomic E-state index is 13.4. The Balaban J connectivity index is 1.34. The van der Waals surface area contributed by atoms with Gasteiger partial charge in [-0.2, -0.15) is 0 Å². The molecule has 2 aliphatic heterocycles. The molecule has 0 aliphatic carbocycles. The number of aliphatic hydroxyl groups is 6. The Morgan fingerprint density at radius 1 is 0.745 bits per heavy atom. The normalized spacial score (nSPS) is 30.8. The lowest BCUT2D eigenvalue weighted by Gasteiger charge is -2.42. The van der Waals surface area contributed by atoms with Gasteiger partial charge in [-0.15, -0.1) is 0 Å². The minimum atomic E-state index is -1.50. The van der Waals surface area contributed by atoms with Gasteiger partial charge >= 0.3 is 0 Å². The number of hydrogen-bond acceptors (Lipinski definition) is 14. The first-order valence-electron chi connectivity index (χ1n) is 14.7. The predicted octanol–water partition coefficient (Wildman–Crippen LogP) is -1.89. The summed E-state index contributed by atoms with van der Waals surface area (Å²) < 4.78 is 28.6. The van der Waals surface area contributed by atoms with E-state index in [-0.39, 0.29) is 33.5 Å². The van der Waals surface area contributed by atoms with Gasteiger partial charge in [-0.25, -0.2) is 0 Å². The first-order valence-corrected chi connectivity index (χ1v) is 14.7. The Hall–Kier alpha value is -4.13. The van der Waals surface area contributed by atoms with Crippen molar-refractivity contribution in [1.29, 1.82) is 0 Å². The second kappa shape index (κ2) is 14.3. The standard InChI is InChI=1S/C31H36N2O14/c1-13(36)32-23-28(41)26(39)21(10-34)46-30(23)44-16-5-3-15(4-6-16)19-12-43-20-9-17(7-8-18(20)25(19)38)45-31-24(33-14(2)37)29(42)27(40)22(11-35)47-31/h3-9,12,21-24,26-31,34-35,39-42H,10-11H2,1-2H3,(H,32,36)(H,33,37). The van der Waals surface area contributed by atoms with Crippen molar-refractivity contribution in [1.82, 2.24) is 10.6 Å².